The Kier molecular flexibility index (Phi) is 6.25. The second-order valence-corrected chi connectivity index (χ2v) is 6.42. The van der Waals surface area contributed by atoms with E-state index in [0.717, 1.165) is 25.7 Å². The Morgan fingerprint density at radius 3 is 2.56 bits per heavy atom. The molecule has 0 bridgehead atoms. The van der Waals surface area contributed by atoms with Gasteiger partial charge in [0.1, 0.15) is 11.9 Å². The number of aliphatic carboxylic acids is 1. The van der Waals surface area contributed by atoms with Gasteiger partial charge in [-0.15, -0.1) is 0 Å². The Hall–Kier alpha value is -3.09. The molecule has 0 unspecified atom stereocenters. The fraction of sp³-hybridized carbons (Fsp3) is 0.350. The number of carbonyl (C=O) groups is 2. The van der Waals surface area contributed by atoms with Crippen molar-refractivity contribution in [2.75, 3.05) is 11.9 Å². The molecule has 1 fully saturated rings. The van der Waals surface area contributed by atoms with Gasteiger partial charge in [-0.2, -0.15) is 0 Å². The van der Waals surface area contributed by atoms with Crippen molar-refractivity contribution in [1.82, 2.24) is 4.98 Å². The lowest BCUT2D eigenvalue weighted by Crippen LogP contribution is -2.20. The number of ether oxygens (including phenoxy) is 2. The predicted octanol–water partition coefficient (Wildman–Crippen LogP) is 3.51. The molecule has 1 aromatic heterocycles. The van der Waals surface area contributed by atoms with Crippen LogP contribution >= 0.6 is 0 Å². The molecule has 1 aromatic carbocycles. The monoisotopic (exact) mass is 370 g/mol. The van der Waals surface area contributed by atoms with Crippen LogP contribution in [0.5, 0.6) is 11.6 Å². The summed E-state index contributed by atoms with van der Waals surface area (Å²) in [6, 6.07) is 9.78. The van der Waals surface area contributed by atoms with Crippen LogP contribution in [-0.2, 0) is 4.79 Å². The number of aromatic nitrogens is 1. The van der Waals surface area contributed by atoms with Crippen molar-refractivity contribution in [3.8, 4) is 11.6 Å². The molecule has 142 valence electrons. The van der Waals surface area contributed by atoms with Crippen LogP contribution < -0.4 is 14.8 Å². The molecule has 0 saturated heterocycles. The summed E-state index contributed by atoms with van der Waals surface area (Å²) in [4.78, 5) is 27.2. The third-order valence-electron chi connectivity index (χ3n) is 4.31. The SMILES string of the molecule is O=C(O)COc1ccc(NC(=O)c2ccnc(OC3CCCCC3)c2)cc1. The zero-order valence-electron chi connectivity index (χ0n) is 14.9. The van der Waals surface area contributed by atoms with Crippen molar-refractivity contribution < 1.29 is 24.2 Å². The van der Waals surface area contributed by atoms with Gasteiger partial charge in [0.2, 0.25) is 5.88 Å². The third-order valence-corrected chi connectivity index (χ3v) is 4.31. The zero-order chi connectivity index (χ0) is 19.1. The molecule has 1 aliphatic carbocycles. The van der Waals surface area contributed by atoms with Gasteiger partial charge in [0, 0.05) is 23.5 Å². The van der Waals surface area contributed by atoms with E-state index in [1.165, 1.54) is 6.42 Å². The average Bonchev–Trinajstić information content (AvgIpc) is 2.68. The van der Waals surface area contributed by atoms with Crippen LogP contribution in [0.2, 0.25) is 0 Å². The Bertz CT molecular complexity index is 785. The second-order valence-electron chi connectivity index (χ2n) is 6.42. The Labute approximate surface area is 157 Å². The third kappa shape index (κ3) is 5.70. The van der Waals surface area contributed by atoms with Gasteiger partial charge in [-0.1, -0.05) is 6.42 Å². The van der Waals surface area contributed by atoms with Crippen molar-refractivity contribution in [2.24, 2.45) is 0 Å². The van der Waals surface area contributed by atoms with E-state index < -0.39 is 12.6 Å². The summed E-state index contributed by atoms with van der Waals surface area (Å²) in [6.45, 7) is -0.410. The van der Waals surface area contributed by atoms with Crippen LogP contribution in [-0.4, -0.2) is 34.7 Å². The van der Waals surface area contributed by atoms with E-state index in [0.29, 0.717) is 22.9 Å². The molecule has 0 aliphatic heterocycles. The van der Waals surface area contributed by atoms with Crippen LogP contribution in [0.25, 0.3) is 0 Å². The lowest BCUT2D eigenvalue weighted by atomic mass is 9.98. The van der Waals surface area contributed by atoms with Gasteiger partial charge in [0.25, 0.3) is 5.91 Å². The number of amides is 1. The van der Waals surface area contributed by atoms with Crippen molar-refractivity contribution in [2.45, 2.75) is 38.2 Å². The fourth-order valence-corrected chi connectivity index (χ4v) is 2.95. The molecule has 2 N–H and O–H groups in total. The molecule has 2 aromatic rings. The molecule has 7 heteroatoms. The number of rotatable bonds is 7. The molecule has 0 radical (unpaired) electrons. The highest BCUT2D eigenvalue weighted by Gasteiger charge is 2.16. The molecule has 0 spiro atoms. The minimum atomic E-state index is -1.05. The maximum atomic E-state index is 12.5. The first-order valence-electron chi connectivity index (χ1n) is 8.99. The van der Waals surface area contributed by atoms with Crippen molar-refractivity contribution in [1.29, 1.82) is 0 Å². The van der Waals surface area contributed by atoms with Crippen molar-refractivity contribution in [3.05, 3.63) is 48.2 Å². The molecule has 1 amide bonds. The van der Waals surface area contributed by atoms with Crippen molar-refractivity contribution in [3.63, 3.8) is 0 Å². The summed E-state index contributed by atoms with van der Waals surface area (Å²) in [5.74, 6) is -0.434. The molecule has 1 aliphatic rings. The maximum absolute atomic E-state index is 12.5. The van der Waals surface area contributed by atoms with E-state index in [1.807, 2.05) is 0 Å². The summed E-state index contributed by atoms with van der Waals surface area (Å²) in [6.07, 6.45) is 7.35. The van der Waals surface area contributed by atoms with Crippen LogP contribution in [0.15, 0.2) is 42.6 Å². The van der Waals surface area contributed by atoms with Gasteiger partial charge < -0.3 is 19.9 Å². The van der Waals surface area contributed by atoms with Crippen LogP contribution in [0, 0.1) is 0 Å². The van der Waals surface area contributed by atoms with Gasteiger partial charge in [-0.3, -0.25) is 4.79 Å². The van der Waals surface area contributed by atoms with E-state index >= 15 is 0 Å². The second kappa shape index (κ2) is 9.02. The summed E-state index contributed by atoms with van der Waals surface area (Å²) in [5.41, 5.74) is 1.04. The highest BCUT2D eigenvalue weighted by Crippen LogP contribution is 2.23. The number of carboxylic acid groups (broad SMARTS) is 1. The molecular weight excluding hydrogens is 348 g/mol. The molecular formula is C20H22N2O5. The van der Waals surface area contributed by atoms with Gasteiger partial charge in [0.05, 0.1) is 0 Å². The number of benzene rings is 1. The average molecular weight is 370 g/mol. The highest BCUT2D eigenvalue weighted by molar-refractivity contribution is 6.04. The normalized spacial score (nSPS) is 14.4. The molecule has 7 nitrogen and oxygen atoms in total. The van der Waals surface area contributed by atoms with Gasteiger partial charge in [0.15, 0.2) is 6.61 Å². The minimum Gasteiger partial charge on any atom is -0.482 e. The Morgan fingerprint density at radius 1 is 1.11 bits per heavy atom. The van der Waals surface area contributed by atoms with Gasteiger partial charge in [-0.25, -0.2) is 9.78 Å². The van der Waals surface area contributed by atoms with Crippen LogP contribution in [0.3, 0.4) is 0 Å². The highest BCUT2D eigenvalue weighted by atomic mass is 16.5. The zero-order valence-corrected chi connectivity index (χ0v) is 14.9. The standard InChI is InChI=1S/C20H22N2O5/c23-19(24)13-26-16-8-6-15(7-9-16)22-20(25)14-10-11-21-18(12-14)27-17-4-2-1-3-5-17/h6-12,17H,1-5,13H2,(H,22,25)(H,23,24). The smallest absolute Gasteiger partial charge is 0.341 e. The summed E-state index contributed by atoms with van der Waals surface area (Å²) >= 11 is 0. The number of anilines is 1. The van der Waals surface area contributed by atoms with Gasteiger partial charge >= 0.3 is 5.97 Å². The quantitative estimate of drug-likeness (QED) is 0.774. The fourth-order valence-electron chi connectivity index (χ4n) is 2.95. The molecule has 27 heavy (non-hydrogen) atoms. The molecule has 0 atom stereocenters. The number of pyridine rings is 1. The first-order chi connectivity index (χ1) is 13.1. The van der Waals surface area contributed by atoms with Crippen LogP contribution in [0.1, 0.15) is 42.5 Å². The lowest BCUT2D eigenvalue weighted by molar-refractivity contribution is -0.139. The number of hydrogen-bond acceptors (Lipinski definition) is 5. The summed E-state index contributed by atoms with van der Waals surface area (Å²) in [5, 5.41) is 11.4. The van der Waals surface area contributed by atoms with E-state index in [4.69, 9.17) is 14.6 Å². The Balaban J connectivity index is 1.58. The number of nitrogens with one attached hydrogen (secondary N) is 1. The van der Waals surface area contributed by atoms with Crippen LogP contribution in [0.4, 0.5) is 5.69 Å². The summed E-state index contributed by atoms with van der Waals surface area (Å²) < 4.78 is 11.0. The van der Waals surface area contributed by atoms with E-state index in [2.05, 4.69) is 10.3 Å². The Morgan fingerprint density at radius 2 is 1.85 bits per heavy atom. The number of nitrogens with zero attached hydrogens (tertiary/aromatic N) is 1. The molecule has 1 heterocycles. The lowest BCUT2D eigenvalue weighted by Gasteiger charge is -2.22. The largest absolute Gasteiger partial charge is 0.482 e. The van der Waals surface area contributed by atoms with E-state index in [-0.39, 0.29) is 12.0 Å². The summed E-state index contributed by atoms with van der Waals surface area (Å²) in [7, 11) is 0. The number of hydrogen-bond donors (Lipinski definition) is 2. The first-order valence-corrected chi connectivity index (χ1v) is 8.99. The van der Waals surface area contributed by atoms with Gasteiger partial charge in [-0.05, 0) is 56.0 Å². The first kappa shape index (κ1) is 18.7. The topological polar surface area (TPSA) is 97.8 Å². The predicted molar refractivity (Wildman–Crippen MR) is 99.3 cm³/mol. The minimum absolute atomic E-state index is 0.169. The molecule has 1 saturated carbocycles. The number of carboxylic acids is 1. The van der Waals surface area contributed by atoms with E-state index in [1.54, 1.807) is 42.6 Å². The number of carbonyl (C=O) groups excluding carboxylic acids is 1. The van der Waals surface area contributed by atoms with E-state index in [9.17, 15) is 9.59 Å². The maximum Gasteiger partial charge on any atom is 0.341 e. The van der Waals surface area contributed by atoms with Crippen molar-refractivity contribution >= 4 is 17.6 Å². The molecule has 3 rings (SSSR count).